The molecule has 8 heteroatoms. The summed E-state index contributed by atoms with van der Waals surface area (Å²) in [5.41, 5.74) is 4.67. The Labute approximate surface area is 295 Å². The van der Waals surface area contributed by atoms with Crippen molar-refractivity contribution < 1.29 is 38.8 Å². The predicted molar refractivity (Wildman–Crippen MR) is 191 cm³/mol. The molecule has 2 aromatic carbocycles. The number of hydrogen-bond acceptors (Lipinski definition) is 7. The Hall–Kier alpha value is -3.32. The van der Waals surface area contributed by atoms with Gasteiger partial charge in [-0.2, -0.15) is 11.3 Å². The molecule has 0 atom stereocenters. The van der Waals surface area contributed by atoms with Gasteiger partial charge in [0.25, 0.3) is 0 Å². The van der Waals surface area contributed by atoms with Crippen LogP contribution in [-0.4, -0.2) is 20.9 Å². The normalized spacial score (nSPS) is 12.8. The average molecular weight is 830 g/mol. The predicted octanol–water partition coefficient (Wildman–Crippen LogP) is 11.7. The molecule has 0 spiro atoms. The van der Waals surface area contributed by atoms with Crippen molar-refractivity contribution in [2.45, 2.75) is 93.4 Å². The molecule has 0 saturated heterocycles. The fraction of sp³-hybridized carbons (Fsp3) is 0.410. The number of ketones is 1. The number of rotatable bonds is 8. The molecule has 0 unspecified atom stereocenters. The SMILES string of the molecule is CC(C)(C)c1cc(-c2ncnc3oc4cc5ccoc5cc4c23)[c-]c2ccsc12.CCC(C)(CC)C(=O)/C=C(\O)C(C)(CC)CC.[Ir]. The number of furan rings is 2. The second kappa shape index (κ2) is 14.0. The summed E-state index contributed by atoms with van der Waals surface area (Å²) in [5, 5.41) is 16.2. The molecule has 0 saturated carbocycles. The van der Waals surface area contributed by atoms with Gasteiger partial charge in [0, 0.05) is 58.9 Å². The summed E-state index contributed by atoms with van der Waals surface area (Å²) in [4.78, 5) is 21.2. The van der Waals surface area contributed by atoms with Crippen LogP contribution in [0.1, 0.15) is 93.6 Å². The minimum atomic E-state index is -0.337. The van der Waals surface area contributed by atoms with Crippen LogP contribution in [0.15, 0.2) is 69.0 Å². The number of carbonyl (C=O) groups excluding carboxylic acids is 1. The van der Waals surface area contributed by atoms with E-state index in [4.69, 9.17) is 8.83 Å². The summed E-state index contributed by atoms with van der Waals surface area (Å²) < 4.78 is 12.9. The van der Waals surface area contributed by atoms with Crippen LogP contribution in [0.5, 0.6) is 0 Å². The number of fused-ring (bicyclic) bond motifs is 5. The molecule has 0 aliphatic carbocycles. The van der Waals surface area contributed by atoms with Crippen molar-refractivity contribution in [3.8, 4) is 11.3 Å². The van der Waals surface area contributed by atoms with Gasteiger partial charge in [0.15, 0.2) is 5.78 Å². The van der Waals surface area contributed by atoms with Crippen molar-refractivity contribution in [1.29, 1.82) is 0 Å². The van der Waals surface area contributed by atoms with E-state index < -0.39 is 0 Å². The van der Waals surface area contributed by atoms with Crippen LogP contribution in [0.3, 0.4) is 0 Å². The molecule has 0 aliphatic heterocycles. The van der Waals surface area contributed by atoms with Gasteiger partial charge in [-0.3, -0.25) is 9.78 Å². The number of nitrogens with zero attached hydrogens (tertiary/aromatic N) is 2. The van der Waals surface area contributed by atoms with Gasteiger partial charge in [-0.1, -0.05) is 73.4 Å². The van der Waals surface area contributed by atoms with Crippen molar-refractivity contribution in [2.75, 3.05) is 0 Å². The molecule has 0 fully saturated rings. The summed E-state index contributed by atoms with van der Waals surface area (Å²) in [7, 11) is 0. The van der Waals surface area contributed by atoms with Crippen molar-refractivity contribution >= 4 is 60.2 Å². The Morgan fingerprint density at radius 3 is 2.26 bits per heavy atom. The van der Waals surface area contributed by atoms with Crippen LogP contribution in [0.4, 0.5) is 0 Å². The summed E-state index contributed by atoms with van der Waals surface area (Å²) in [5.74, 6) is 0.286. The second-order valence-corrected chi connectivity index (χ2v) is 14.7. The molecule has 47 heavy (non-hydrogen) atoms. The molecule has 6 aromatic rings. The Bertz CT molecular complexity index is 2050. The van der Waals surface area contributed by atoms with Gasteiger partial charge in [-0.15, -0.1) is 23.6 Å². The van der Waals surface area contributed by atoms with Crippen molar-refractivity contribution in [3.05, 3.63) is 71.8 Å². The zero-order valence-corrected chi connectivity index (χ0v) is 32.0. The van der Waals surface area contributed by atoms with Crippen LogP contribution in [0, 0.1) is 16.9 Å². The number of hydrogen-bond donors (Lipinski definition) is 1. The van der Waals surface area contributed by atoms with Crippen LogP contribution < -0.4 is 0 Å². The van der Waals surface area contributed by atoms with Gasteiger partial charge in [0.2, 0.25) is 5.71 Å². The van der Waals surface area contributed by atoms with Gasteiger partial charge < -0.3 is 13.9 Å². The van der Waals surface area contributed by atoms with E-state index in [2.05, 4.69) is 54.3 Å². The molecular weight excluding hydrogens is 785 g/mol. The minimum absolute atomic E-state index is 0. The second-order valence-electron chi connectivity index (χ2n) is 13.8. The minimum Gasteiger partial charge on any atom is -0.512 e. The fourth-order valence-electron chi connectivity index (χ4n) is 5.64. The van der Waals surface area contributed by atoms with Gasteiger partial charge in [0.05, 0.1) is 6.26 Å². The largest absolute Gasteiger partial charge is 0.512 e. The summed E-state index contributed by atoms with van der Waals surface area (Å²) in [6.07, 6.45) is 8.01. The third-order valence-electron chi connectivity index (χ3n) is 9.98. The summed E-state index contributed by atoms with van der Waals surface area (Å²) >= 11 is 1.76. The average Bonchev–Trinajstić information content (AvgIpc) is 3.80. The number of aliphatic hydroxyl groups is 1. The number of aliphatic hydroxyl groups excluding tert-OH is 1. The zero-order valence-electron chi connectivity index (χ0n) is 28.8. The number of aromatic nitrogens is 2. The molecule has 0 bridgehead atoms. The van der Waals surface area contributed by atoms with Crippen LogP contribution in [0.2, 0.25) is 0 Å². The van der Waals surface area contributed by atoms with E-state index in [0.29, 0.717) is 5.71 Å². The van der Waals surface area contributed by atoms with Crippen molar-refractivity contribution in [3.63, 3.8) is 0 Å². The monoisotopic (exact) mass is 830 g/mol. The standard InChI is InChI=1S/C24H17N2O2S.C15H28O2.Ir/c1-24(2,3)17-9-15(8-14-5-7-29-22(14)17)21-20-16-11-18-13(4-6-27-18)10-19(16)28-23(20)26-12-25-21;1-7-14(5,8-2)12(16)11-13(17)15(6,9-3)10-4;/h4-7,9-12H,1-3H3;11,16H,7-10H2,1-6H3;/q-1;;/b;12-11-;. The molecule has 0 amide bonds. The smallest absolute Gasteiger partial charge is 0.223 e. The molecule has 6 rings (SSSR count). The number of allylic oxidation sites excluding steroid dienone is 2. The van der Waals surface area contributed by atoms with Crippen LogP contribution in [-0.2, 0) is 30.3 Å². The first-order valence-electron chi connectivity index (χ1n) is 16.2. The first kappa shape index (κ1) is 36.5. The molecule has 0 aliphatic rings. The first-order chi connectivity index (χ1) is 21.8. The van der Waals surface area contributed by atoms with E-state index in [1.54, 1.807) is 23.9 Å². The molecule has 6 nitrogen and oxygen atoms in total. The third-order valence-corrected chi connectivity index (χ3v) is 10.9. The molecular formula is C39H45IrN2O4S-. The quantitative estimate of drug-likeness (QED) is 0.0934. The first-order valence-corrected chi connectivity index (χ1v) is 17.1. The van der Waals surface area contributed by atoms with Crippen LogP contribution >= 0.6 is 11.3 Å². The number of carbonyl (C=O) groups is 1. The van der Waals surface area contributed by atoms with E-state index in [-0.39, 0.29) is 47.9 Å². The van der Waals surface area contributed by atoms with E-state index in [1.165, 1.54) is 16.3 Å². The fourth-order valence-corrected chi connectivity index (χ4v) is 6.72. The van der Waals surface area contributed by atoms with E-state index >= 15 is 0 Å². The Balaban J connectivity index is 0.000000242. The Morgan fingerprint density at radius 1 is 0.936 bits per heavy atom. The van der Waals surface area contributed by atoms with Gasteiger partial charge in [0.1, 0.15) is 23.3 Å². The summed E-state index contributed by atoms with van der Waals surface area (Å²) in [6.45, 7) is 18.8. The van der Waals surface area contributed by atoms with Crippen molar-refractivity contribution in [2.24, 2.45) is 10.8 Å². The molecule has 4 aromatic heterocycles. The number of benzene rings is 2. The zero-order chi connectivity index (χ0) is 33.4. The maximum absolute atomic E-state index is 12.2. The molecule has 1 radical (unpaired) electrons. The number of thiophene rings is 1. The van der Waals surface area contributed by atoms with E-state index in [9.17, 15) is 9.90 Å². The van der Waals surface area contributed by atoms with E-state index in [1.807, 2.05) is 59.7 Å². The van der Waals surface area contributed by atoms with Crippen LogP contribution in [0.25, 0.3) is 54.4 Å². The molecule has 1 N–H and O–H groups in total. The molecule has 4 heterocycles. The Morgan fingerprint density at radius 2 is 1.62 bits per heavy atom. The topological polar surface area (TPSA) is 89.4 Å². The van der Waals surface area contributed by atoms with Gasteiger partial charge >= 0.3 is 0 Å². The van der Waals surface area contributed by atoms with Crippen molar-refractivity contribution in [1.82, 2.24) is 9.97 Å². The maximum atomic E-state index is 12.2. The van der Waals surface area contributed by atoms with Gasteiger partial charge in [-0.05, 0) is 59.4 Å². The molecule has 251 valence electrons. The van der Waals surface area contributed by atoms with Gasteiger partial charge in [-0.25, -0.2) is 4.98 Å². The van der Waals surface area contributed by atoms with E-state index in [0.717, 1.165) is 69.7 Å². The Kier molecular flexibility index (Phi) is 10.9. The maximum Gasteiger partial charge on any atom is 0.223 e. The third kappa shape index (κ3) is 6.97. The summed E-state index contributed by atoms with van der Waals surface area (Å²) in [6, 6.07) is 13.8.